The summed E-state index contributed by atoms with van der Waals surface area (Å²) in [6.07, 6.45) is 6.63. The van der Waals surface area contributed by atoms with E-state index in [1.807, 2.05) is 0 Å². The second kappa shape index (κ2) is 7.09. The van der Waals surface area contributed by atoms with E-state index in [0.29, 0.717) is 6.04 Å². The van der Waals surface area contributed by atoms with E-state index in [2.05, 4.69) is 56.4 Å². The molecule has 0 aromatic heterocycles. The zero-order valence-corrected chi connectivity index (χ0v) is 12.7. The third-order valence-electron chi connectivity index (χ3n) is 4.73. The van der Waals surface area contributed by atoms with Gasteiger partial charge >= 0.3 is 0 Å². The van der Waals surface area contributed by atoms with Crippen LogP contribution in [0.15, 0.2) is 30.3 Å². The molecule has 0 saturated heterocycles. The predicted molar refractivity (Wildman–Crippen MR) is 83.3 cm³/mol. The molecule has 1 aliphatic rings. The summed E-state index contributed by atoms with van der Waals surface area (Å²) in [4.78, 5) is 0. The standard InChI is InChI=1S/C18H29N/c1-14-8-7-9-15(2)18(14)19-16(3)12-13-17-10-5-4-6-11-17/h4-6,10-11,14-16,18-19H,7-9,12-13H2,1-3H3. The largest absolute Gasteiger partial charge is 0.311 e. The molecule has 2 rings (SSSR count). The number of hydrogen-bond donors (Lipinski definition) is 1. The molecular formula is C18H29N. The Morgan fingerprint density at radius 3 is 2.37 bits per heavy atom. The first-order valence-corrected chi connectivity index (χ1v) is 7.97. The van der Waals surface area contributed by atoms with Gasteiger partial charge in [0.05, 0.1) is 0 Å². The van der Waals surface area contributed by atoms with Gasteiger partial charge in [0.15, 0.2) is 0 Å². The maximum absolute atomic E-state index is 3.89. The third kappa shape index (κ3) is 4.35. The van der Waals surface area contributed by atoms with E-state index in [1.165, 1.54) is 37.7 Å². The van der Waals surface area contributed by atoms with Crippen LogP contribution in [0.3, 0.4) is 0 Å². The van der Waals surface area contributed by atoms with Crippen LogP contribution in [0.2, 0.25) is 0 Å². The molecule has 1 nitrogen and oxygen atoms in total. The van der Waals surface area contributed by atoms with E-state index in [1.54, 1.807) is 0 Å². The van der Waals surface area contributed by atoms with E-state index >= 15 is 0 Å². The molecule has 1 saturated carbocycles. The fourth-order valence-corrected chi connectivity index (χ4v) is 3.45. The molecule has 1 aromatic rings. The SMILES string of the molecule is CC(CCc1ccccc1)NC1C(C)CCCC1C. The molecule has 1 aliphatic carbocycles. The molecule has 0 bridgehead atoms. The summed E-state index contributed by atoms with van der Waals surface area (Å²) >= 11 is 0. The van der Waals surface area contributed by atoms with Crippen LogP contribution < -0.4 is 5.32 Å². The van der Waals surface area contributed by atoms with Crippen molar-refractivity contribution >= 4 is 0 Å². The first kappa shape index (κ1) is 14.6. The molecule has 0 heterocycles. The Balaban J connectivity index is 1.78. The zero-order valence-electron chi connectivity index (χ0n) is 12.7. The van der Waals surface area contributed by atoms with Crippen LogP contribution in [0.5, 0.6) is 0 Å². The van der Waals surface area contributed by atoms with Crippen molar-refractivity contribution in [2.45, 2.75) is 65.0 Å². The number of rotatable bonds is 5. The fourth-order valence-electron chi connectivity index (χ4n) is 3.45. The van der Waals surface area contributed by atoms with Gasteiger partial charge in [-0.2, -0.15) is 0 Å². The van der Waals surface area contributed by atoms with Gasteiger partial charge in [0, 0.05) is 12.1 Å². The van der Waals surface area contributed by atoms with Crippen molar-refractivity contribution in [1.29, 1.82) is 0 Å². The lowest BCUT2D eigenvalue weighted by atomic mass is 9.78. The van der Waals surface area contributed by atoms with Gasteiger partial charge in [-0.3, -0.25) is 0 Å². The Labute approximate surface area is 118 Å². The predicted octanol–water partition coefficient (Wildman–Crippen LogP) is 4.42. The Morgan fingerprint density at radius 2 is 1.74 bits per heavy atom. The van der Waals surface area contributed by atoms with Crippen molar-refractivity contribution in [3.8, 4) is 0 Å². The van der Waals surface area contributed by atoms with Gasteiger partial charge in [0.2, 0.25) is 0 Å². The second-order valence-corrected chi connectivity index (χ2v) is 6.50. The van der Waals surface area contributed by atoms with E-state index in [9.17, 15) is 0 Å². The van der Waals surface area contributed by atoms with E-state index in [4.69, 9.17) is 0 Å². The minimum absolute atomic E-state index is 0.619. The molecule has 3 unspecified atom stereocenters. The van der Waals surface area contributed by atoms with E-state index in [0.717, 1.165) is 17.9 Å². The lowest BCUT2D eigenvalue weighted by Crippen LogP contribution is -2.46. The molecule has 3 atom stereocenters. The topological polar surface area (TPSA) is 12.0 Å². The number of nitrogens with one attached hydrogen (secondary N) is 1. The number of hydrogen-bond acceptors (Lipinski definition) is 1. The molecule has 1 aromatic carbocycles. The normalized spacial score (nSPS) is 29.1. The quantitative estimate of drug-likeness (QED) is 0.825. The van der Waals surface area contributed by atoms with Crippen LogP contribution in [0.1, 0.15) is 52.0 Å². The summed E-state index contributed by atoms with van der Waals surface area (Å²) in [6, 6.07) is 12.2. The zero-order chi connectivity index (χ0) is 13.7. The van der Waals surface area contributed by atoms with Gasteiger partial charge in [-0.25, -0.2) is 0 Å². The smallest absolute Gasteiger partial charge is 0.0121 e. The summed E-state index contributed by atoms with van der Waals surface area (Å²) in [5, 5.41) is 3.89. The summed E-state index contributed by atoms with van der Waals surface area (Å²) in [7, 11) is 0. The molecule has 0 radical (unpaired) electrons. The molecule has 1 N–H and O–H groups in total. The van der Waals surface area contributed by atoms with Crippen molar-refractivity contribution in [3.63, 3.8) is 0 Å². The van der Waals surface area contributed by atoms with E-state index in [-0.39, 0.29) is 0 Å². The first-order chi connectivity index (χ1) is 9.16. The fraction of sp³-hybridized carbons (Fsp3) is 0.667. The van der Waals surface area contributed by atoms with Crippen LogP contribution >= 0.6 is 0 Å². The summed E-state index contributed by atoms with van der Waals surface area (Å²) < 4.78 is 0. The van der Waals surface area contributed by atoms with Crippen LogP contribution in [0, 0.1) is 11.8 Å². The van der Waals surface area contributed by atoms with Crippen molar-refractivity contribution in [1.82, 2.24) is 5.32 Å². The number of aryl methyl sites for hydroxylation is 1. The monoisotopic (exact) mass is 259 g/mol. The highest BCUT2D eigenvalue weighted by Crippen LogP contribution is 2.29. The Hall–Kier alpha value is -0.820. The molecule has 0 spiro atoms. The average molecular weight is 259 g/mol. The van der Waals surface area contributed by atoms with E-state index < -0.39 is 0 Å². The molecule has 1 fully saturated rings. The molecule has 19 heavy (non-hydrogen) atoms. The van der Waals surface area contributed by atoms with Crippen LogP contribution in [0.4, 0.5) is 0 Å². The third-order valence-corrected chi connectivity index (χ3v) is 4.73. The summed E-state index contributed by atoms with van der Waals surface area (Å²) in [5.74, 6) is 1.67. The summed E-state index contributed by atoms with van der Waals surface area (Å²) in [6.45, 7) is 7.17. The highest BCUT2D eigenvalue weighted by Gasteiger charge is 2.28. The number of benzene rings is 1. The van der Waals surface area contributed by atoms with Crippen LogP contribution in [-0.4, -0.2) is 12.1 Å². The first-order valence-electron chi connectivity index (χ1n) is 7.97. The van der Waals surface area contributed by atoms with Gasteiger partial charge < -0.3 is 5.32 Å². The van der Waals surface area contributed by atoms with Gasteiger partial charge in [-0.15, -0.1) is 0 Å². The average Bonchev–Trinajstić information content (AvgIpc) is 2.42. The van der Waals surface area contributed by atoms with Crippen LogP contribution in [-0.2, 0) is 6.42 Å². The Kier molecular flexibility index (Phi) is 5.45. The Morgan fingerprint density at radius 1 is 1.11 bits per heavy atom. The maximum atomic E-state index is 3.89. The van der Waals surface area contributed by atoms with Crippen molar-refractivity contribution in [2.75, 3.05) is 0 Å². The molecule has 106 valence electrons. The molecular weight excluding hydrogens is 230 g/mol. The maximum Gasteiger partial charge on any atom is 0.0121 e. The van der Waals surface area contributed by atoms with Crippen molar-refractivity contribution in [3.05, 3.63) is 35.9 Å². The highest BCUT2D eigenvalue weighted by atomic mass is 15.0. The molecule has 0 aliphatic heterocycles. The van der Waals surface area contributed by atoms with Crippen molar-refractivity contribution in [2.24, 2.45) is 11.8 Å². The lowest BCUT2D eigenvalue weighted by Gasteiger charge is -2.37. The lowest BCUT2D eigenvalue weighted by molar-refractivity contribution is 0.193. The molecule has 0 amide bonds. The second-order valence-electron chi connectivity index (χ2n) is 6.50. The Bertz CT molecular complexity index is 349. The van der Waals surface area contributed by atoms with Gasteiger partial charge in [0.25, 0.3) is 0 Å². The van der Waals surface area contributed by atoms with Gasteiger partial charge in [-0.1, -0.05) is 50.6 Å². The minimum atomic E-state index is 0.619. The van der Waals surface area contributed by atoms with Gasteiger partial charge in [0.1, 0.15) is 0 Å². The highest BCUT2D eigenvalue weighted by molar-refractivity contribution is 5.14. The summed E-state index contributed by atoms with van der Waals surface area (Å²) in [5.41, 5.74) is 1.46. The molecule has 1 heteroatoms. The minimum Gasteiger partial charge on any atom is -0.311 e. The van der Waals surface area contributed by atoms with Gasteiger partial charge in [-0.05, 0) is 50.0 Å². The van der Waals surface area contributed by atoms with Crippen LogP contribution in [0.25, 0.3) is 0 Å². The van der Waals surface area contributed by atoms with Crippen molar-refractivity contribution < 1.29 is 0 Å².